The standard InChI is InChI=1S/C21H28N4O3/c1-16-7-5-6-10-21(16)19(27)25(20(28)22-21)15-18(26)24-13-11-23(12-14-24)17-8-3-2-4-9-17/h2-4,8-9,16H,5-7,10-15H2,1H3,(H,22,28)/t16-,21-/m0/s1. The second-order valence-electron chi connectivity index (χ2n) is 8.14. The zero-order valence-corrected chi connectivity index (χ0v) is 16.4. The Bertz CT molecular complexity index is 760. The zero-order chi connectivity index (χ0) is 19.7. The largest absolute Gasteiger partial charge is 0.368 e. The van der Waals surface area contributed by atoms with Crippen LogP contribution < -0.4 is 10.2 Å². The first kappa shape index (κ1) is 18.8. The molecule has 3 aliphatic rings. The first-order valence-electron chi connectivity index (χ1n) is 10.2. The molecule has 0 aromatic heterocycles. The van der Waals surface area contributed by atoms with Crippen molar-refractivity contribution in [2.75, 3.05) is 37.6 Å². The van der Waals surface area contributed by atoms with E-state index in [1.54, 1.807) is 4.90 Å². The minimum Gasteiger partial charge on any atom is -0.368 e. The van der Waals surface area contributed by atoms with E-state index in [0.717, 1.165) is 42.9 Å². The Kier molecular flexibility index (Phi) is 5.00. The van der Waals surface area contributed by atoms with Gasteiger partial charge in [0.05, 0.1) is 0 Å². The average molecular weight is 384 g/mol. The molecule has 2 heterocycles. The third-order valence-electron chi connectivity index (χ3n) is 6.55. The Morgan fingerprint density at radius 3 is 2.50 bits per heavy atom. The molecule has 1 aromatic carbocycles. The number of para-hydroxylation sites is 1. The van der Waals surface area contributed by atoms with Crippen molar-refractivity contribution in [2.24, 2.45) is 5.92 Å². The minimum absolute atomic E-state index is 0.104. The van der Waals surface area contributed by atoms with Gasteiger partial charge in [-0.05, 0) is 30.9 Å². The van der Waals surface area contributed by atoms with Crippen LogP contribution >= 0.6 is 0 Å². The average Bonchev–Trinajstić information content (AvgIpc) is 2.96. The summed E-state index contributed by atoms with van der Waals surface area (Å²) in [7, 11) is 0. The van der Waals surface area contributed by atoms with Crippen LogP contribution in [0.1, 0.15) is 32.6 Å². The van der Waals surface area contributed by atoms with Crippen molar-refractivity contribution < 1.29 is 14.4 Å². The summed E-state index contributed by atoms with van der Waals surface area (Å²) in [5.74, 6) is -0.273. The maximum atomic E-state index is 13.0. The lowest BCUT2D eigenvalue weighted by Gasteiger charge is -2.37. The molecule has 3 fully saturated rings. The Morgan fingerprint density at radius 1 is 1.11 bits per heavy atom. The number of carbonyl (C=O) groups excluding carboxylic acids is 3. The monoisotopic (exact) mass is 384 g/mol. The summed E-state index contributed by atoms with van der Waals surface area (Å²) < 4.78 is 0. The number of benzene rings is 1. The third-order valence-corrected chi connectivity index (χ3v) is 6.55. The first-order chi connectivity index (χ1) is 13.5. The van der Waals surface area contributed by atoms with Gasteiger partial charge in [-0.15, -0.1) is 0 Å². The molecular weight excluding hydrogens is 356 g/mol. The number of hydrogen-bond donors (Lipinski definition) is 1. The molecule has 4 amide bonds. The molecule has 1 spiro atoms. The fourth-order valence-electron chi connectivity index (χ4n) is 4.73. The highest BCUT2D eigenvalue weighted by Crippen LogP contribution is 2.38. The molecule has 2 atom stereocenters. The van der Waals surface area contributed by atoms with Crippen LogP contribution in [0.3, 0.4) is 0 Å². The van der Waals surface area contributed by atoms with E-state index in [1.165, 1.54) is 0 Å². The van der Waals surface area contributed by atoms with Gasteiger partial charge in [-0.1, -0.05) is 38.0 Å². The molecule has 150 valence electrons. The van der Waals surface area contributed by atoms with Crippen molar-refractivity contribution in [1.29, 1.82) is 0 Å². The second kappa shape index (κ2) is 7.45. The van der Waals surface area contributed by atoms with E-state index >= 15 is 0 Å². The molecule has 2 aliphatic heterocycles. The summed E-state index contributed by atoms with van der Waals surface area (Å²) in [6.07, 6.45) is 3.60. The maximum Gasteiger partial charge on any atom is 0.325 e. The summed E-state index contributed by atoms with van der Waals surface area (Å²) in [5.41, 5.74) is 0.346. The van der Waals surface area contributed by atoms with Crippen LogP contribution in [0.15, 0.2) is 30.3 Å². The van der Waals surface area contributed by atoms with Gasteiger partial charge < -0.3 is 15.1 Å². The van der Waals surface area contributed by atoms with Gasteiger partial charge in [0.15, 0.2) is 0 Å². The number of rotatable bonds is 3. The quantitative estimate of drug-likeness (QED) is 0.807. The zero-order valence-electron chi connectivity index (χ0n) is 16.4. The van der Waals surface area contributed by atoms with Crippen LogP contribution in [-0.4, -0.2) is 65.9 Å². The lowest BCUT2D eigenvalue weighted by atomic mass is 9.73. The molecule has 4 rings (SSSR count). The predicted molar refractivity (Wildman–Crippen MR) is 106 cm³/mol. The fourth-order valence-corrected chi connectivity index (χ4v) is 4.73. The number of urea groups is 1. The first-order valence-corrected chi connectivity index (χ1v) is 10.2. The molecule has 0 bridgehead atoms. The second-order valence-corrected chi connectivity index (χ2v) is 8.14. The number of nitrogens with one attached hydrogen (secondary N) is 1. The number of nitrogens with zero attached hydrogens (tertiary/aromatic N) is 3. The summed E-state index contributed by atoms with van der Waals surface area (Å²) in [4.78, 5) is 43.4. The molecule has 7 heteroatoms. The van der Waals surface area contributed by atoms with Gasteiger partial charge in [-0.3, -0.25) is 14.5 Å². The number of amides is 4. The fraction of sp³-hybridized carbons (Fsp3) is 0.571. The van der Waals surface area contributed by atoms with E-state index in [9.17, 15) is 14.4 Å². The number of anilines is 1. The van der Waals surface area contributed by atoms with E-state index in [4.69, 9.17) is 0 Å². The highest BCUT2D eigenvalue weighted by atomic mass is 16.2. The van der Waals surface area contributed by atoms with Crippen molar-refractivity contribution in [3.8, 4) is 0 Å². The Morgan fingerprint density at radius 2 is 1.82 bits per heavy atom. The minimum atomic E-state index is -0.804. The molecule has 0 unspecified atom stereocenters. The number of carbonyl (C=O) groups is 3. The predicted octanol–water partition coefficient (Wildman–Crippen LogP) is 1.84. The Balaban J connectivity index is 1.36. The van der Waals surface area contributed by atoms with E-state index in [1.807, 2.05) is 25.1 Å². The lowest BCUT2D eigenvalue weighted by molar-refractivity contribution is -0.140. The van der Waals surface area contributed by atoms with Gasteiger partial charge in [0.25, 0.3) is 5.91 Å². The number of piperazine rings is 1. The van der Waals surface area contributed by atoms with Crippen LogP contribution in [0, 0.1) is 5.92 Å². The molecular formula is C21H28N4O3. The smallest absolute Gasteiger partial charge is 0.325 e. The van der Waals surface area contributed by atoms with Crippen LogP contribution in [0.25, 0.3) is 0 Å². The lowest BCUT2D eigenvalue weighted by Crippen LogP contribution is -2.54. The van der Waals surface area contributed by atoms with Gasteiger partial charge in [-0.25, -0.2) is 4.79 Å². The molecule has 0 radical (unpaired) electrons. The molecule has 1 N–H and O–H groups in total. The highest BCUT2D eigenvalue weighted by Gasteiger charge is 2.55. The highest BCUT2D eigenvalue weighted by molar-refractivity contribution is 6.09. The van der Waals surface area contributed by atoms with Crippen molar-refractivity contribution >= 4 is 23.5 Å². The van der Waals surface area contributed by atoms with Crippen molar-refractivity contribution in [1.82, 2.24) is 15.1 Å². The number of imide groups is 1. The third kappa shape index (κ3) is 3.23. The van der Waals surface area contributed by atoms with Crippen LogP contribution in [0.4, 0.5) is 10.5 Å². The summed E-state index contributed by atoms with van der Waals surface area (Å²) in [5, 5.41) is 2.91. The molecule has 1 saturated carbocycles. The van der Waals surface area contributed by atoms with Gasteiger partial charge in [0.1, 0.15) is 12.1 Å². The molecule has 7 nitrogen and oxygen atoms in total. The van der Waals surface area contributed by atoms with Crippen molar-refractivity contribution in [3.05, 3.63) is 30.3 Å². The normalized spacial score (nSPS) is 28.0. The maximum absolute atomic E-state index is 13.0. The number of hydrogen-bond acceptors (Lipinski definition) is 4. The van der Waals surface area contributed by atoms with Gasteiger partial charge in [0.2, 0.25) is 5.91 Å². The SMILES string of the molecule is C[C@H]1CCCC[C@]12NC(=O)N(CC(=O)N1CCN(c3ccccc3)CC1)C2=O. The molecule has 28 heavy (non-hydrogen) atoms. The van der Waals surface area contributed by atoms with Gasteiger partial charge >= 0.3 is 6.03 Å². The summed E-state index contributed by atoms with van der Waals surface area (Å²) in [6, 6.07) is 9.71. The van der Waals surface area contributed by atoms with Crippen molar-refractivity contribution in [2.45, 2.75) is 38.1 Å². The summed E-state index contributed by atoms with van der Waals surface area (Å²) >= 11 is 0. The van der Waals surface area contributed by atoms with E-state index in [-0.39, 0.29) is 24.3 Å². The van der Waals surface area contributed by atoms with Gasteiger partial charge in [0, 0.05) is 31.9 Å². The van der Waals surface area contributed by atoms with E-state index < -0.39 is 11.6 Å². The van der Waals surface area contributed by atoms with Crippen LogP contribution in [0.5, 0.6) is 0 Å². The van der Waals surface area contributed by atoms with Crippen LogP contribution in [-0.2, 0) is 9.59 Å². The topological polar surface area (TPSA) is 73.0 Å². The molecule has 1 aliphatic carbocycles. The Hall–Kier alpha value is -2.57. The molecule has 1 aromatic rings. The molecule has 2 saturated heterocycles. The van der Waals surface area contributed by atoms with Gasteiger partial charge in [-0.2, -0.15) is 0 Å². The van der Waals surface area contributed by atoms with E-state index in [2.05, 4.69) is 22.3 Å². The van der Waals surface area contributed by atoms with Crippen molar-refractivity contribution in [3.63, 3.8) is 0 Å². The Labute approximate surface area is 165 Å². The van der Waals surface area contributed by atoms with Crippen LogP contribution in [0.2, 0.25) is 0 Å². The van der Waals surface area contributed by atoms with E-state index in [0.29, 0.717) is 19.5 Å². The summed E-state index contributed by atoms with van der Waals surface area (Å²) in [6.45, 7) is 4.54.